The summed E-state index contributed by atoms with van der Waals surface area (Å²) in [5, 5.41) is 0. The zero-order valence-corrected chi connectivity index (χ0v) is 21.0. The molecule has 0 spiro atoms. The highest BCUT2D eigenvalue weighted by molar-refractivity contribution is 9.26. The molecule has 116 valence electrons. The standard InChI is InChI=1S/C9H15Br6O3P/c1-4-7(10,11)16-19(17-8(12,13)5-2)18-9(14,15)6-3/h4-6H2,1-3H3. The Hall–Kier alpha value is 3.19. The van der Waals surface area contributed by atoms with Crippen LogP contribution in [-0.2, 0) is 13.6 Å². The summed E-state index contributed by atoms with van der Waals surface area (Å²) in [5.74, 6) is 0. The van der Waals surface area contributed by atoms with Gasteiger partial charge in [0.2, 0.25) is 0 Å². The van der Waals surface area contributed by atoms with E-state index in [1.807, 2.05) is 20.8 Å². The average molecular weight is 682 g/mol. The normalized spacial score (nSPS) is 14.2. The molecule has 3 nitrogen and oxygen atoms in total. The Labute approximate surface area is 166 Å². The molecule has 0 radical (unpaired) electrons. The number of hydrogen-bond acceptors (Lipinski definition) is 3. The van der Waals surface area contributed by atoms with E-state index in [0.29, 0.717) is 19.3 Å². The van der Waals surface area contributed by atoms with E-state index in [0.717, 1.165) is 0 Å². The van der Waals surface area contributed by atoms with Gasteiger partial charge in [-0.25, -0.2) is 0 Å². The molecule has 0 rings (SSSR count). The van der Waals surface area contributed by atoms with Crippen LogP contribution in [0.1, 0.15) is 40.0 Å². The zero-order chi connectivity index (χ0) is 15.3. The van der Waals surface area contributed by atoms with E-state index in [2.05, 4.69) is 95.6 Å². The van der Waals surface area contributed by atoms with E-state index in [1.165, 1.54) is 0 Å². The summed E-state index contributed by atoms with van der Waals surface area (Å²) in [5.41, 5.74) is 0. The minimum atomic E-state index is -1.62. The number of alkyl halides is 6. The second-order valence-electron chi connectivity index (χ2n) is 3.47. The van der Waals surface area contributed by atoms with Crippen molar-refractivity contribution in [1.29, 1.82) is 0 Å². The summed E-state index contributed by atoms with van der Waals surface area (Å²) < 4.78 is 15.3. The van der Waals surface area contributed by atoms with Crippen molar-refractivity contribution in [3.05, 3.63) is 0 Å². The first-order valence-corrected chi connectivity index (χ1v) is 11.3. The van der Waals surface area contributed by atoms with Crippen LogP contribution >= 0.6 is 104 Å². The number of halogens is 6. The van der Waals surface area contributed by atoms with Crippen molar-refractivity contribution in [2.45, 2.75) is 50.3 Å². The Balaban J connectivity index is 4.84. The van der Waals surface area contributed by atoms with Crippen LogP contribution in [-0.4, -0.2) is 10.3 Å². The van der Waals surface area contributed by atoms with Gasteiger partial charge in [0.15, 0.2) is 10.3 Å². The van der Waals surface area contributed by atoms with E-state index >= 15 is 0 Å². The fraction of sp³-hybridized carbons (Fsp3) is 1.00. The Morgan fingerprint density at radius 2 is 0.842 bits per heavy atom. The molecule has 0 aromatic rings. The molecule has 0 N–H and O–H groups in total. The molecule has 0 aromatic carbocycles. The van der Waals surface area contributed by atoms with Crippen LogP contribution in [0.25, 0.3) is 0 Å². The lowest BCUT2D eigenvalue weighted by Gasteiger charge is -2.32. The molecule has 0 saturated carbocycles. The maximum Gasteiger partial charge on any atom is 0.339 e. The summed E-state index contributed by atoms with van der Waals surface area (Å²) in [6, 6.07) is 0. The monoisotopic (exact) mass is 676 g/mol. The molecule has 0 saturated heterocycles. The van der Waals surface area contributed by atoms with Crippen molar-refractivity contribution in [2.24, 2.45) is 0 Å². The molecule has 0 heterocycles. The van der Waals surface area contributed by atoms with E-state index in [9.17, 15) is 0 Å². The first-order valence-electron chi connectivity index (χ1n) is 5.48. The SMILES string of the molecule is CCC(Br)(Br)OP(OC(Br)(Br)CC)OC(Br)(Br)CC. The minimum absolute atomic E-state index is 0.681. The van der Waals surface area contributed by atoms with Gasteiger partial charge in [0.25, 0.3) is 0 Å². The predicted molar refractivity (Wildman–Crippen MR) is 103 cm³/mol. The molecular formula is C9H15Br6O3P. The minimum Gasteiger partial charge on any atom is -0.283 e. The van der Waals surface area contributed by atoms with Gasteiger partial charge in [0.1, 0.15) is 0 Å². The van der Waals surface area contributed by atoms with Crippen molar-refractivity contribution in [2.75, 3.05) is 0 Å². The Bertz CT molecular complexity index is 234. The van der Waals surface area contributed by atoms with Gasteiger partial charge < -0.3 is 0 Å². The van der Waals surface area contributed by atoms with Crippen molar-refractivity contribution in [3.63, 3.8) is 0 Å². The third-order valence-corrected chi connectivity index (χ3v) is 9.08. The second kappa shape index (κ2) is 9.48. The van der Waals surface area contributed by atoms with Gasteiger partial charge in [-0.15, -0.1) is 0 Å². The van der Waals surface area contributed by atoms with Crippen LogP contribution in [0.4, 0.5) is 0 Å². The molecule has 0 aliphatic rings. The maximum absolute atomic E-state index is 5.80. The van der Waals surface area contributed by atoms with Gasteiger partial charge in [-0.05, 0) is 115 Å². The van der Waals surface area contributed by atoms with Crippen molar-refractivity contribution in [1.82, 2.24) is 0 Å². The third kappa shape index (κ3) is 10.6. The summed E-state index contributed by atoms with van der Waals surface area (Å²) >= 11 is 20.6. The van der Waals surface area contributed by atoms with Crippen molar-refractivity contribution < 1.29 is 13.6 Å². The molecule has 10 heteroatoms. The lowest BCUT2D eigenvalue weighted by Crippen LogP contribution is -2.22. The number of hydrogen-bond donors (Lipinski definition) is 0. The lowest BCUT2D eigenvalue weighted by atomic mass is 10.5. The van der Waals surface area contributed by atoms with E-state index in [1.54, 1.807) is 0 Å². The molecule has 0 atom stereocenters. The molecule has 19 heavy (non-hydrogen) atoms. The smallest absolute Gasteiger partial charge is 0.283 e. The Morgan fingerprint density at radius 1 is 0.632 bits per heavy atom. The topological polar surface area (TPSA) is 27.7 Å². The molecule has 0 amide bonds. The van der Waals surface area contributed by atoms with Crippen LogP contribution in [0.3, 0.4) is 0 Å². The lowest BCUT2D eigenvalue weighted by molar-refractivity contribution is 0.115. The quantitative estimate of drug-likeness (QED) is 0.184. The van der Waals surface area contributed by atoms with Crippen LogP contribution < -0.4 is 0 Å². The number of rotatable bonds is 9. The summed E-state index contributed by atoms with van der Waals surface area (Å²) in [6.07, 6.45) is 2.10. The Kier molecular flexibility index (Phi) is 11.1. The largest absolute Gasteiger partial charge is 0.339 e. The van der Waals surface area contributed by atoms with Gasteiger partial charge in [0, 0.05) is 0 Å². The summed E-state index contributed by atoms with van der Waals surface area (Å²) in [6.45, 7) is 5.92. The molecular weight excluding hydrogens is 666 g/mol. The van der Waals surface area contributed by atoms with Crippen LogP contribution in [0.2, 0.25) is 0 Å². The highest BCUT2D eigenvalue weighted by atomic mass is 79.9. The predicted octanol–water partition coefficient (Wildman–Crippen LogP) is 7.82. The third-order valence-electron chi connectivity index (χ3n) is 1.86. The fourth-order valence-corrected chi connectivity index (χ4v) is 3.86. The van der Waals surface area contributed by atoms with Gasteiger partial charge in [-0.1, -0.05) is 20.8 Å². The molecule has 0 aliphatic heterocycles. The molecule has 0 unspecified atom stereocenters. The molecule has 0 aromatic heterocycles. The van der Waals surface area contributed by atoms with Gasteiger partial charge in [-0.3, -0.25) is 13.6 Å². The Morgan fingerprint density at radius 3 is 1.00 bits per heavy atom. The average Bonchev–Trinajstić information content (AvgIpc) is 2.27. The molecule has 0 fully saturated rings. The first kappa shape index (κ1) is 22.2. The molecule has 0 bridgehead atoms. The van der Waals surface area contributed by atoms with Crippen LogP contribution in [0.15, 0.2) is 0 Å². The molecule has 0 aliphatic carbocycles. The first-order chi connectivity index (χ1) is 8.47. The van der Waals surface area contributed by atoms with E-state index in [4.69, 9.17) is 13.6 Å². The maximum atomic E-state index is 5.80. The van der Waals surface area contributed by atoms with Gasteiger partial charge >= 0.3 is 8.60 Å². The summed E-state index contributed by atoms with van der Waals surface area (Å²) in [7, 11) is -1.62. The van der Waals surface area contributed by atoms with Crippen LogP contribution in [0.5, 0.6) is 0 Å². The van der Waals surface area contributed by atoms with E-state index in [-0.39, 0.29) is 0 Å². The zero-order valence-electron chi connectivity index (χ0n) is 10.6. The highest BCUT2D eigenvalue weighted by Gasteiger charge is 2.38. The fourth-order valence-electron chi connectivity index (χ4n) is 0.577. The van der Waals surface area contributed by atoms with Crippen LogP contribution in [0, 0.1) is 0 Å². The second-order valence-corrected chi connectivity index (χ2v) is 15.3. The van der Waals surface area contributed by atoms with Crippen molar-refractivity contribution >= 4 is 104 Å². The highest BCUT2D eigenvalue weighted by Crippen LogP contribution is 2.58. The van der Waals surface area contributed by atoms with Crippen molar-refractivity contribution in [3.8, 4) is 0 Å². The van der Waals surface area contributed by atoms with E-state index < -0.39 is 18.9 Å². The van der Waals surface area contributed by atoms with Gasteiger partial charge in [-0.2, -0.15) is 0 Å². The van der Waals surface area contributed by atoms with Gasteiger partial charge in [0.05, 0.1) is 0 Å². The summed E-state index contributed by atoms with van der Waals surface area (Å²) in [4.78, 5) is 0.